The fourth-order valence-corrected chi connectivity index (χ4v) is 8.69. The number of rotatable bonds is 11. The lowest BCUT2D eigenvalue weighted by Crippen LogP contribution is -2.55. The van der Waals surface area contributed by atoms with E-state index >= 15 is 0 Å². The maximum atomic E-state index is 14.0. The zero-order valence-corrected chi connectivity index (χ0v) is 30.3. The third-order valence-corrected chi connectivity index (χ3v) is 11.6. The summed E-state index contributed by atoms with van der Waals surface area (Å²) in [5.41, 5.74) is 4.40. The molecular weight excluding hydrogens is 652 g/mol. The average molecular weight is 701 g/mol. The Morgan fingerprint density at radius 1 is 1.00 bits per heavy atom. The van der Waals surface area contributed by atoms with Crippen LogP contribution < -0.4 is 19.7 Å². The lowest BCUT2D eigenvalue weighted by Gasteiger charge is -2.52. The molecule has 50 heavy (non-hydrogen) atoms. The van der Waals surface area contributed by atoms with Crippen LogP contribution >= 0.6 is 11.6 Å². The van der Waals surface area contributed by atoms with Gasteiger partial charge in [-0.3, -0.25) is 9.69 Å². The molecule has 4 heterocycles. The number of halogens is 1. The van der Waals surface area contributed by atoms with Crippen LogP contribution in [0.15, 0.2) is 48.9 Å². The van der Waals surface area contributed by atoms with Gasteiger partial charge in [-0.15, -0.1) is 0 Å². The zero-order chi connectivity index (χ0) is 34.7. The van der Waals surface area contributed by atoms with E-state index in [9.17, 15) is 4.79 Å². The Morgan fingerprint density at radius 2 is 1.76 bits per heavy atom. The summed E-state index contributed by atoms with van der Waals surface area (Å²) in [6.07, 6.45) is 10.5. The smallest absolute Gasteiger partial charge is 0.225 e. The number of hydrogen-bond acceptors (Lipinski definition) is 9. The van der Waals surface area contributed by atoms with Gasteiger partial charge in [0, 0.05) is 49.2 Å². The van der Waals surface area contributed by atoms with Crippen molar-refractivity contribution in [1.82, 2.24) is 34.9 Å². The Kier molecular flexibility index (Phi) is 10.4. The van der Waals surface area contributed by atoms with E-state index in [0.717, 1.165) is 112 Å². The van der Waals surface area contributed by atoms with Gasteiger partial charge < -0.3 is 24.6 Å². The van der Waals surface area contributed by atoms with Gasteiger partial charge in [0.05, 0.1) is 32.3 Å². The molecule has 0 bridgehead atoms. The summed E-state index contributed by atoms with van der Waals surface area (Å²) in [5.74, 6) is 2.78. The molecule has 2 aliphatic heterocycles. The van der Waals surface area contributed by atoms with Gasteiger partial charge in [0.2, 0.25) is 5.91 Å². The van der Waals surface area contributed by atoms with Gasteiger partial charge in [-0.25, -0.2) is 14.6 Å². The van der Waals surface area contributed by atoms with Crippen LogP contribution in [-0.2, 0) is 23.3 Å². The van der Waals surface area contributed by atoms with Crippen LogP contribution in [0.5, 0.6) is 11.5 Å². The monoisotopic (exact) mass is 700 g/mol. The van der Waals surface area contributed by atoms with Gasteiger partial charge in [0.1, 0.15) is 12.1 Å². The van der Waals surface area contributed by atoms with Gasteiger partial charge in [-0.1, -0.05) is 29.8 Å². The van der Waals surface area contributed by atoms with Crippen molar-refractivity contribution >= 4 is 34.4 Å². The van der Waals surface area contributed by atoms with Crippen LogP contribution in [0.4, 0.5) is 5.82 Å². The van der Waals surface area contributed by atoms with E-state index in [4.69, 9.17) is 21.1 Å². The van der Waals surface area contributed by atoms with Crippen molar-refractivity contribution < 1.29 is 14.3 Å². The standard InChI is InChI=1S/C38H49ClN8O3/c1-40-15-6-7-16-46-17-12-28-22-33(49-2)34(50-3)23-31(28)38(46)13-10-27(11-14-38)37(48)45-20-18-44(19-21-45)35-30-24-43-47(36(30)42-26-41-35)25-29-8-4-5-9-32(29)39/h4-5,8-9,22-24,26-27,40H,6-7,10-21,25H2,1-3H3/t27-,38-. The zero-order valence-electron chi connectivity index (χ0n) is 29.5. The number of ether oxygens (including phenoxy) is 2. The molecule has 1 saturated heterocycles. The molecule has 3 aliphatic rings. The Balaban J connectivity index is 1.02. The minimum Gasteiger partial charge on any atom is -0.493 e. The normalized spacial score (nSPS) is 21.1. The van der Waals surface area contributed by atoms with E-state index in [2.05, 4.69) is 47.2 Å². The highest BCUT2D eigenvalue weighted by molar-refractivity contribution is 6.31. The molecular formula is C38H49ClN8O3. The van der Waals surface area contributed by atoms with Crippen molar-refractivity contribution in [2.24, 2.45) is 5.92 Å². The largest absolute Gasteiger partial charge is 0.493 e. The van der Waals surface area contributed by atoms with Gasteiger partial charge >= 0.3 is 0 Å². The quantitative estimate of drug-likeness (QED) is 0.213. The third kappa shape index (κ3) is 6.63. The van der Waals surface area contributed by atoms with Crippen LogP contribution in [0.3, 0.4) is 0 Å². The summed E-state index contributed by atoms with van der Waals surface area (Å²) in [4.78, 5) is 30.3. The topological polar surface area (TPSA) is 101 Å². The molecule has 0 unspecified atom stereocenters. The minimum absolute atomic E-state index is 0.0395. The van der Waals surface area contributed by atoms with E-state index in [1.165, 1.54) is 11.1 Å². The number of carbonyl (C=O) groups is 1. The fraction of sp³-hybridized carbons (Fsp3) is 0.526. The molecule has 2 fully saturated rings. The van der Waals surface area contributed by atoms with E-state index in [1.807, 2.05) is 42.2 Å². The van der Waals surface area contributed by atoms with Crippen molar-refractivity contribution in [3.8, 4) is 11.5 Å². The fourth-order valence-electron chi connectivity index (χ4n) is 8.49. The summed E-state index contributed by atoms with van der Waals surface area (Å²) < 4.78 is 13.3. The minimum atomic E-state index is -0.0864. The highest BCUT2D eigenvalue weighted by Gasteiger charge is 2.47. The first-order valence-electron chi connectivity index (χ1n) is 18.0. The molecule has 7 rings (SSSR count). The molecule has 4 aromatic rings. The first-order chi connectivity index (χ1) is 24.5. The molecule has 1 saturated carbocycles. The number of amides is 1. The van der Waals surface area contributed by atoms with Crippen LogP contribution in [0.2, 0.25) is 5.02 Å². The van der Waals surface area contributed by atoms with Crippen LogP contribution in [0.25, 0.3) is 11.0 Å². The molecule has 1 N–H and O–H groups in total. The maximum absolute atomic E-state index is 14.0. The Bertz CT molecular complexity index is 1800. The summed E-state index contributed by atoms with van der Waals surface area (Å²) >= 11 is 6.43. The van der Waals surface area contributed by atoms with Crippen molar-refractivity contribution in [3.63, 3.8) is 0 Å². The molecule has 12 heteroatoms. The predicted octanol–water partition coefficient (Wildman–Crippen LogP) is 5.14. The Hall–Kier alpha value is -3.93. The highest BCUT2D eigenvalue weighted by Crippen LogP contribution is 2.50. The van der Waals surface area contributed by atoms with Crippen LogP contribution in [-0.4, -0.2) is 103 Å². The Morgan fingerprint density at radius 3 is 2.50 bits per heavy atom. The second kappa shape index (κ2) is 15.1. The van der Waals surface area contributed by atoms with E-state index in [0.29, 0.717) is 30.6 Å². The van der Waals surface area contributed by atoms with Crippen LogP contribution in [0, 0.1) is 5.92 Å². The third-order valence-electron chi connectivity index (χ3n) is 11.2. The van der Waals surface area contributed by atoms with Gasteiger partial charge in [-0.2, -0.15) is 5.10 Å². The van der Waals surface area contributed by atoms with Crippen molar-refractivity contribution in [3.05, 3.63) is 70.6 Å². The number of hydrogen-bond donors (Lipinski definition) is 1. The molecule has 0 radical (unpaired) electrons. The number of benzene rings is 2. The summed E-state index contributed by atoms with van der Waals surface area (Å²) in [6.45, 7) is 6.45. The Labute approximate surface area is 299 Å². The van der Waals surface area contributed by atoms with E-state index in [1.54, 1.807) is 20.5 Å². The van der Waals surface area contributed by atoms with E-state index < -0.39 is 0 Å². The molecule has 0 atom stereocenters. The number of aromatic nitrogens is 4. The number of methoxy groups -OCH3 is 2. The van der Waals surface area contributed by atoms with Gasteiger partial charge in [0.25, 0.3) is 0 Å². The number of anilines is 1. The molecule has 1 spiro atoms. The first kappa shape index (κ1) is 34.5. The van der Waals surface area contributed by atoms with E-state index in [-0.39, 0.29) is 11.5 Å². The molecule has 266 valence electrons. The molecule has 1 amide bonds. The highest BCUT2D eigenvalue weighted by atomic mass is 35.5. The lowest BCUT2D eigenvalue weighted by atomic mass is 9.68. The lowest BCUT2D eigenvalue weighted by molar-refractivity contribution is -0.138. The summed E-state index contributed by atoms with van der Waals surface area (Å²) in [5, 5.41) is 9.55. The average Bonchev–Trinajstić information content (AvgIpc) is 3.57. The van der Waals surface area contributed by atoms with Gasteiger partial charge in [-0.05, 0) is 100.0 Å². The van der Waals surface area contributed by atoms with Crippen molar-refractivity contribution in [2.75, 3.05) is 72.0 Å². The second-order valence-corrected chi connectivity index (χ2v) is 14.3. The number of nitrogens with one attached hydrogen (secondary N) is 1. The number of nitrogens with zero attached hydrogens (tertiary/aromatic N) is 7. The number of piperazine rings is 1. The molecule has 11 nitrogen and oxygen atoms in total. The molecule has 1 aliphatic carbocycles. The number of carbonyl (C=O) groups excluding carboxylic acids is 1. The summed E-state index contributed by atoms with van der Waals surface area (Å²) in [7, 11) is 5.44. The SMILES string of the molecule is CNCCCCN1CCc2cc(OC)c(OC)cc2[C@]12CC[C@@H](C(=O)N1CCN(c3ncnc4c3cnn4Cc3ccccc3Cl)CC1)CC2. The second-order valence-electron chi connectivity index (χ2n) is 13.9. The number of unbranched alkanes of at least 4 members (excludes halogenated alkanes) is 1. The number of fused-ring (bicyclic) bond motifs is 3. The summed E-state index contributed by atoms with van der Waals surface area (Å²) in [6, 6.07) is 12.2. The maximum Gasteiger partial charge on any atom is 0.225 e. The van der Waals surface area contributed by atoms with Crippen LogP contribution in [0.1, 0.15) is 55.2 Å². The first-order valence-corrected chi connectivity index (χ1v) is 18.4. The van der Waals surface area contributed by atoms with Crippen molar-refractivity contribution in [1.29, 1.82) is 0 Å². The predicted molar refractivity (Wildman–Crippen MR) is 196 cm³/mol. The molecule has 2 aromatic heterocycles. The van der Waals surface area contributed by atoms with Gasteiger partial charge in [0.15, 0.2) is 17.1 Å². The van der Waals surface area contributed by atoms with Crippen molar-refractivity contribution in [2.45, 2.75) is 57.0 Å². The molecule has 2 aromatic carbocycles.